The third kappa shape index (κ3) is 1.30. The van der Waals surface area contributed by atoms with E-state index < -0.39 is 0 Å². The summed E-state index contributed by atoms with van der Waals surface area (Å²) < 4.78 is 3.83. The molecular formula is C14H8BrNS. The maximum atomic E-state index is 3.55. The van der Waals surface area contributed by atoms with Crippen molar-refractivity contribution in [3.63, 3.8) is 0 Å². The number of aromatic amines is 1. The second-order valence-corrected chi connectivity index (χ2v) is 6.12. The summed E-state index contributed by atoms with van der Waals surface area (Å²) in [7, 11) is 0. The van der Waals surface area contributed by atoms with Gasteiger partial charge in [-0.1, -0.05) is 15.9 Å². The summed E-state index contributed by atoms with van der Waals surface area (Å²) in [6.45, 7) is 0. The van der Waals surface area contributed by atoms with Gasteiger partial charge in [0.2, 0.25) is 0 Å². The van der Waals surface area contributed by atoms with Gasteiger partial charge in [-0.15, -0.1) is 11.3 Å². The molecule has 1 N–H and O–H groups in total. The number of hydrogen-bond acceptors (Lipinski definition) is 1. The summed E-state index contributed by atoms with van der Waals surface area (Å²) in [6, 6.07) is 13.0. The zero-order valence-corrected chi connectivity index (χ0v) is 11.2. The molecule has 82 valence electrons. The Morgan fingerprint density at radius 3 is 2.76 bits per heavy atom. The Balaban J connectivity index is 2.37. The van der Waals surface area contributed by atoms with E-state index in [0.717, 1.165) is 4.47 Å². The lowest BCUT2D eigenvalue weighted by Crippen LogP contribution is -1.70. The fraction of sp³-hybridized carbons (Fsp3) is 0. The predicted molar refractivity (Wildman–Crippen MR) is 78.9 cm³/mol. The number of thiophene rings is 1. The van der Waals surface area contributed by atoms with Gasteiger partial charge in [0, 0.05) is 41.7 Å². The van der Waals surface area contributed by atoms with Crippen LogP contribution in [0.25, 0.3) is 31.1 Å². The zero-order valence-electron chi connectivity index (χ0n) is 8.83. The predicted octanol–water partition coefficient (Wildman–Crippen LogP) is 5.30. The Morgan fingerprint density at radius 1 is 0.941 bits per heavy atom. The van der Waals surface area contributed by atoms with Gasteiger partial charge in [-0.3, -0.25) is 0 Å². The molecule has 3 heteroatoms. The van der Waals surface area contributed by atoms with Crippen molar-refractivity contribution in [3.8, 4) is 0 Å². The Morgan fingerprint density at radius 2 is 1.82 bits per heavy atom. The number of hydrogen-bond donors (Lipinski definition) is 1. The molecule has 0 amide bonds. The molecule has 0 atom stereocenters. The van der Waals surface area contributed by atoms with Gasteiger partial charge in [0.15, 0.2) is 0 Å². The minimum absolute atomic E-state index is 1.14. The van der Waals surface area contributed by atoms with Gasteiger partial charge < -0.3 is 4.98 Å². The van der Waals surface area contributed by atoms with Gasteiger partial charge in [-0.2, -0.15) is 0 Å². The van der Waals surface area contributed by atoms with Crippen molar-refractivity contribution in [2.45, 2.75) is 0 Å². The summed E-state index contributed by atoms with van der Waals surface area (Å²) in [5.41, 5.74) is 1.21. The van der Waals surface area contributed by atoms with E-state index in [1.165, 1.54) is 31.1 Å². The number of rotatable bonds is 0. The van der Waals surface area contributed by atoms with E-state index in [1.54, 1.807) is 0 Å². The van der Waals surface area contributed by atoms with Crippen LogP contribution >= 0.6 is 27.3 Å². The third-order valence-corrected chi connectivity index (χ3v) is 4.76. The molecule has 4 aromatic rings. The molecule has 2 aromatic heterocycles. The molecule has 17 heavy (non-hydrogen) atoms. The molecule has 0 unspecified atom stereocenters. The van der Waals surface area contributed by atoms with E-state index in [2.05, 4.69) is 57.3 Å². The highest BCUT2D eigenvalue weighted by Crippen LogP contribution is 2.39. The normalized spacial score (nSPS) is 11.8. The largest absolute Gasteiger partial charge is 0.361 e. The van der Waals surface area contributed by atoms with E-state index in [1.807, 2.05) is 17.5 Å². The molecule has 1 nitrogen and oxygen atoms in total. The minimum atomic E-state index is 1.14. The fourth-order valence-corrected chi connectivity index (χ4v) is 3.84. The van der Waals surface area contributed by atoms with E-state index in [0.29, 0.717) is 0 Å². The van der Waals surface area contributed by atoms with Crippen LogP contribution in [0.1, 0.15) is 0 Å². The highest BCUT2D eigenvalue weighted by Gasteiger charge is 2.09. The van der Waals surface area contributed by atoms with Crippen molar-refractivity contribution in [3.05, 3.63) is 47.1 Å². The monoisotopic (exact) mass is 301 g/mol. The quantitative estimate of drug-likeness (QED) is 0.454. The molecule has 0 spiro atoms. The number of nitrogens with one attached hydrogen (secondary N) is 1. The van der Waals surface area contributed by atoms with Crippen LogP contribution in [-0.4, -0.2) is 4.98 Å². The molecular weight excluding hydrogens is 294 g/mol. The first kappa shape index (κ1) is 9.68. The van der Waals surface area contributed by atoms with E-state index in [4.69, 9.17) is 0 Å². The van der Waals surface area contributed by atoms with Gasteiger partial charge >= 0.3 is 0 Å². The fourth-order valence-electron chi connectivity index (χ4n) is 2.38. The molecule has 0 bridgehead atoms. The van der Waals surface area contributed by atoms with Crippen LogP contribution in [0.2, 0.25) is 0 Å². The van der Waals surface area contributed by atoms with Crippen molar-refractivity contribution in [2.24, 2.45) is 0 Å². The first-order chi connectivity index (χ1) is 8.33. The third-order valence-electron chi connectivity index (χ3n) is 3.13. The van der Waals surface area contributed by atoms with Crippen molar-refractivity contribution in [1.82, 2.24) is 4.98 Å². The average Bonchev–Trinajstić information content (AvgIpc) is 2.90. The van der Waals surface area contributed by atoms with E-state index in [9.17, 15) is 0 Å². The van der Waals surface area contributed by atoms with Crippen LogP contribution in [0, 0.1) is 0 Å². The molecule has 0 radical (unpaired) electrons. The maximum absolute atomic E-state index is 3.55. The first-order valence-corrected chi connectivity index (χ1v) is 7.02. The summed E-state index contributed by atoms with van der Waals surface area (Å²) in [6.07, 6.45) is 2.01. The van der Waals surface area contributed by atoms with Gasteiger partial charge in [0.25, 0.3) is 0 Å². The van der Waals surface area contributed by atoms with Crippen LogP contribution in [0.3, 0.4) is 0 Å². The summed E-state index contributed by atoms with van der Waals surface area (Å²) >= 11 is 5.41. The SMILES string of the molecule is Brc1ccc2sc3ccc4[nH]ccc4c3c2c1. The highest BCUT2D eigenvalue weighted by molar-refractivity contribution is 9.10. The molecule has 4 rings (SSSR count). The van der Waals surface area contributed by atoms with Crippen LogP contribution in [-0.2, 0) is 0 Å². The summed E-state index contributed by atoms with van der Waals surface area (Å²) in [4.78, 5) is 3.27. The summed E-state index contributed by atoms with van der Waals surface area (Å²) in [5, 5.41) is 4.02. The lowest BCUT2D eigenvalue weighted by molar-refractivity contribution is 1.48. The van der Waals surface area contributed by atoms with Crippen LogP contribution in [0.4, 0.5) is 0 Å². The Bertz CT molecular complexity index is 856. The topological polar surface area (TPSA) is 15.8 Å². The highest BCUT2D eigenvalue weighted by atomic mass is 79.9. The van der Waals surface area contributed by atoms with Gasteiger partial charge in [0.05, 0.1) is 0 Å². The second-order valence-electron chi connectivity index (χ2n) is 4.12. The number of halogens is 1. The van der Waals surface area contributed by atoms with Gasteiger partial charge in [-0.25, -0.2) is 0 Å². The molecule has 2 heterocycles. The van der Waals surface area contributed by atoms with Gasteiger partial charge in [0.1, 0.15) is 0 Å². The number of H-pyrrole nitrogens is 1. The molecule has 0 aliphatic carbocycles. The van der Waals surface area contributed by atoms with Crippen LogP contribution < -0.4 is 0 Å². The van der Waals surface area contributed by atoms with Crippen LogP contribution in [0.5, 0.6) is 0 Å². The average molecular weight is 302 g/mol. The lowest BCUT2D eigenvalue weighted by Gasteiger charge is -1.95. The van der Waals surface area contributed by atoms with Crippen molar-refractivity contribution >= 4 is 58.3 Å². The Labute approximate surface area is 110 Å². The van der Waals surface area contributed by atoms with Crippen LogP contribution in [0.15, 0.2) is 47.1 Å². The van der Waals surface area contributed by atoms with Crippen molar-refractivity contribution in [1.29, 1.82) is 0 Å². The summed E-state index contributed by atoms with van der Waals surface area (Å²) in [5.74, 6) is 0. The Kier molecular flexibility index (Phi) is 1.90. The lowest BCUT2D eigenvalue weighted by atomic mass is 10.1. The molecule has 0 aliphatic rings. The first-order valence-electron chi connectivity index (χ1n) is 5.41. The molecule has 0 fully saturated rings. The maximum Gasteiger partial charge on any atom is 0.0461 e. The Hall–Kier alpha value is -1.32. The van der Waals surface area contributed by atoms with Gasteiger partial charge in [-0.05, 0) is 36.4 Å². The van der Waals surface area contributed by atoms with Crippen molar-refractivity contribution in [2.75, 3.05) is 0 Å². The number of benzene rings is 2. The molecule has 0 aliphatic heterocycles. The van der Waals surface area contributed by atoms with E-state index >= 15 is 0 Å². The standard InChI is InChI=1S/C14H8BrNS/c15-8-1-3-12-10(7-8)14-9-5-6-16-11(9)2-4-13(14)17-12/h1-7,16H. The van der Waals surface area contributed by atoms with Crippen molar-refractivity contribution < 1.29 is 0 Å². The number of aromatic nitrogens is 1. The number of fused-ring (bicyclic) bond motifs is 5. The minimum Gasteiger partial charge on any atom is -0.361 e. The smallest absolute Gasteiger partial charge is 0.0461 e. The zero-order chi connectivity index (χ0) is 11.4. The second kappa shape index (κ2) is 3.34. The van der Waals surface area contributed by atoms with E-state index in [-0.39, 0.29) is 0 Å². The molecule has 2 aromatic carbocycles. The molecule has 0 saturated heterocycles. The molecule has 0 saturated carbocycles.